The molecule has 3 rings (SSSR count). The van der Waals surface area contributed by atoms with Crippen LogP contribution in [0, 0.1) is 12.7 Å². The highest BCUT2D eigenvalue weighted by molar-refractivity contribution is 5.43. The SMILES string of the molecule is CCCCOC[C@@H](O)CN(CCC)Cc1c(C)nn(-c2ccccc2)c1Oc1ccccc1F. The molecule has 34 heavy (non-hydrogen) atoms. The minimum Gasteiger partial charge on any atom is -0.435 e. The van der Waals surface area contributed by atoms with Crippen molar-refractivity contribution in [1.29, 1.82) is 0 Å². The zero-order chi connectivity index (χ0) is 24.3. The number of unbranched alkanes of at least 4 members (excludes halogenated alkanes) is 1. The first-order valence-electron chi connectivity index (χ1n) is 12.1. The van der Waals surface area contributed by atoms with E-state index in [1.807, 2.05) is 37.3 Å². The molecule has 0 fully saturated rings. The van der Waals surface area contributed by atoms with E-state index in [2.05, 4.69) is 18.7 Å². The Balaban J connectivity index is 1.87. The highest BCUT2D eigenvalue weighted by Crippen LogP contribution is 2.32. The van der Waals surface area contributed by atoms with Crippen molar-refractivity contribution in [3.63, 3.8) is 0 Å². The van der Waals surface area contributed by atoms with Gasteiger partial charge in [-0.1, -0.05) is 50.6 Å². The fourth-order valence-electron chi connectivity index (χ4n) is 3.79. The molecule has 0 spiro atoms. The number of ether oxygens (including phenoxy) is 2. The molecule has 1 heterocycles. The Bertz CT molecular complexity index is 1010. The van der Waals surface area contributed by atoms with E-state index in [1.165, 1.54) is 6.07 Å². The van der Waals surface area contributed by atoms with Gasteiger partial charge in [-0.2, -0.15) is 5.10 Å². The summed E-state index contributed by atoms with van der Waals surface area (Å²) < 4.78 is 27.9. The second-order valence-electron chi connectivity index (χ2n) is 8.47. The summed E-state index contributed by atoms with van der Waals surface area (Å²) in [5.41, 5.74) is 2.49. The number of hydrogen-bond acceptors (Lipinski definition) is 5. The Morgan fingerprint density at radius 3 is 2.50 bits per heavy atom. The van der Waals surface area contributed by atoms with Crippen LogP contribution in [-0.2, 0) is 11.3 Å². The van der Waals surface area contributed by atoms with Crippen LogP contribution in [0.15, 0.2) is 54.6 Å². The minimum atomic E-state index is -0.594. The monoisotopic (exact) mass is 469 g/mol. The average molecular weight is 470 g/mol. The molecule has 0 amide bonds. The number of rotatable bonds is 14. The van der Waals surface area contributed by atoms with Crippen LogP contribution in [0.4, 0.5) is 4.39 Å². The Kier molecular flexibility index (Phi) is 10.1. The van der Waals surface area contributed by atoms with Gasteiger partial charge in [-0.15, -0.1) is 0 Å². The maximum atomic E-state index is 14.5. The highest BCUT2D eigenvalue weighted by atomic mass is 19.1. The van der Waals surface area contributed by atoms with E-state index in [4.69, 9.17) is 14.6 Å². The standard InChI is InChI=1S/C27H36FN3O3/c1-4-6-17-33-20-23(32)18-30(16-5-2)19-24-21(3)29-31(22-12-8-7-9-13-22)27(24)34-26-15-11-10-14-25(26)28/h7-15,23,32H,4-6,16-20H2,1-3H3/t23-/m0/s1. The van der Waals surface area contributed by atoms with E-state index >= 15 is 0 Å². The Morgan fingerprint density at radius 1 is 1.06 bits per heavy atom. The summed E-state index contributed by atoms with van der Waals surface area (Å²) in [5.74, 6) is 0.188. The van der Waals surface area contributed by atoms with Crippen molar-refractivity contribution in [1.82, 2.24) is 14.7 Å². The summed E-state index contributed by atoms with van der Waals surface area (Å²) in [6.07, 6.45) is 2.38. The van der Waals surface area contributed by atoms with Gasteiger partial charge < -0.3 is 14.6 Å². The molecule has 0 aliphatic rings. The molecular weight excluding hydrogens is 433 g/mol. The minimum absolute atomic E-state index is 0.146. The second kappa shape index (κ2) is 13.2. The van der Waals surface area contributed by atoms with Gasteiger partial charge in [-0.25, -0.2) is 9.07 Å². The normalized spacial score (nSPS) is 12.3. The average Bonchev–Trinajstić information content (AvgIpc) is 3.14. The number of aliphatic hydroxyl groups excluding tert-OH is 1. The third-order valence-corrected chi connectivity index (χ3v) is 5.52. The fourth-order valence-corrected chi connectivity index (χ4v) is 3.79. The molecule has 184 valence electrons. The molecule has 3 aromatic rings. The van der Waals surface area contributed by atoms with Gasteiger partial charge in [0.05, 0.1) is 29.7 Å². The van der Waals surface area contributed by atoms with Gasteiger partial charge in [-0.05, 0) is 50.6 Å². The maximum absolute atomic E-state index is 14.5. The van der Waals surface area contributed by atoms with E-state index in [9.17, 15) is 9.50 Å². The molecule has 1 N–H and O–H groups in total. The summed E-state index contributed by atoms with van der Waals surface area (Å²) in [6, 6.07) is 16.0. The third-order valence-electron chi connectivity index (χ3n) is 5.52. The van der Waals surface area contributed by atoms with Gasteiger partial charge in [0, 0.05) is 19.7 Å². The molecule has 0 aliphatic heterocycles. The molecule has 0 saturated carbocycles. The highest BCUT2D eigenvalue weighted by Gasteiger charge is 2.23. The fraction of sp³-hybridized carbons (Fsp3) is 0.444. The number of hydrogen-bond donors (Lipinski definition) is 1. The molecule has 0 saturated heterocycles. The lowest BCUT2D eigenvalue weighted by Gasteiger charge is -2.25. The van der Waals surface area contributed by atoms with Crippen LogP contribution >= 0.6 is 0 Å². The lowest BCUT2D eigenvalue weighted by Crippen LogP contribution is -2.35. The lowest BCUT2D eigenvalue weighted by atomic mass is 10.2. The van der Waals surface area contributed by atoms with Gasteiger partial charge in [-0.3, -0.25) is 4.90 Å². The van der Waals surface area contributed by atoms with Crippen molar-refractivity contribution < 1.29 is 19.0 Å². The lowest BCUT2D eigenvalue weighted by molar-refractivity contribution is 0.0143. The molecule has 2 aromatic carbocycles. The number of aryl methyl sites for hydroxylation is 1. The van der Waals surface area contributed by atoms with Gasteiger partial charge >= 0.3 is 0 Å². The summed E-state index contributed by atoms with van der Waals surface area (Å²) in [5, 5.41) is 15.3. The van der Waals surface area contributed by atoms with E-state index in [0.29, 0.717) is 32.2 Å². The van der Waals surface area contributed by atoms with Crippen LogP contribution in [0.1, 0.15) is 44.4 Å². The zero-order valence-electron chi connectivity index (χ0n) is 20.4. The summed E-state index contributed by atoms with van der Waals surface area (Å²) >= 11 is 0. The largest absolute Gasteiger partial charge is 0.435 e. The van der Waals surface area contributed by atoms with Crippen LogP contribution in [-0.4, -0.2) is 52.2 Å². The molecule has 0 bridgehead atoms. The number of para-hydroxylation sites is 2. The Labute approximate surface area is 201 Å². The number of nitrogens with zero attached hydrogens (tertiary/aromatic N) is 3. The topological polar surface area (TPSA) is 59.8 Å². The quantitative estimate of drug-likeness (QED) is 0.316. The van der Waals surface area contributed by atoms with Crippen molar-refractivity contribution in [3.05, 3.63) is 71.7 Å². The van der Waals surface area contributed by atoms with Crippen molar-refractivity contribution in [2.24, 2.45) is 0 Å². The number of aromatic nitrogens is 2. The molecule has 7 heteroatoms. The van der Waals surface area contributed by atoms with Gasteiger partial charge in [0.1, 0.15) is 0 Å². The molecule has 0 unspecified atom stereocenters. The predicted molar refractivity (Wildman–Crippen MR) is 132 cm³/mol. The van der Waals surface area contributed by atoms with Crippen LogP contribution in [0.2, 0.25) is 0 Å². The molecule has 6 nitrogen and oxygen atoms in total. The van der Waals surface area contributed by atoms with E-state index < -0.39 is 11.9 Å². The van der Waals surface area contributed by atoms with Gasteiger partial charge in [0.2, 0.25) is 5.88 Å². The van der Waals surface area contributed by atoms with Crippen LogP contribution in [0.5, 0.6) is 11.6 Å². The van der Waals surface area contributed by atoms with Crippen molar-refractivity contribution >= 4 is 0 Å². The Hall–Kier alpha value is -2.74. The van der Waals surface area contributed by atoms with Crippen LogP contribution in [0.25, 0.3) is 5.69 Å². The van der Waals surface area contributed by atoms with Gasteiger partial charge in [0.25, 0.3) is 0 Å². The molecule has 0 radical (unpaired) electrons. The predicted octanol–water partition coefficient (Wildman–Crippen LogP) is 5.50. The van der Waals surface area contributed by atoms with Crippen molar-refractivity contribution in [2.45, 2.75) is 52.7 Å². The first-order valence-corrected chi connectivity index (χ1v) is 12.1. The summed E-state index contributed by atoms with van der Waals surface area (Å²) in [4.78, 5) is 2.17. The zero-order valence-corrected chi connectivity index (χ0v) is 20.4. The van der Waals surface area contributed by atoms with Crippen LogP contribution in [0.3, 0.4) is 0 Å². The van der Waals surface area contributed by atoms with Crippen LogP contribution < -0.4 is 4.74 Å². The van der Waals surface area contributed by atoms with Crippen molar-refractivity contribution in [3.8, 4) is 17.3 Å². The summed E-state index contributed by atoms with van der Waals surface area (Å²) in [6.45, 7) is 8.89. The molecule has 0 aliphatic carbocycles. The maximum Gasteiger partial charge on any atom is 0.227 e. The smallest absolute Gasteiger partial charge is 0.227 e. The Morgan fingerprint density at radius 2 is 1.79 bits per heavy atom. The van der Waals surface area contributed by atoms with E-state index in [-0.39, 0.29) is 5.75 Å². The van der Waals surface area contributed by atoms with Crippen molar-refractivity contribution in [2.75, 3.05) is 26.3 Å². The molecule has 1 atom stereocenters. The molecular formula is C27H36FN3O3. The van der Waals surface area contributed by atoms with Gasteiger partial charge in [0.15, 0.2) is 11.6 Å². The van der Waals surface area contributed by atoms with E-state index in [1.54, 1.807) is 22.9 Å². The first kappa shape index (κ1) is 25.9. The third kappa shape index (κ3) is 7.13. The molecule has 1 aromatic heterocycles. The number of halogens is 1. The van der Waals surface area contributed by atoms with E-state index in [0.717, 1.165) is 42.8 Å². The number of benzene rings is 2. The first-order chi connectivity index (χ1) is 16.5. The number of aliphatic hydroxyl groups is 1. The second-order valence-corrected chi connectivity index (χ2v) is 8.47. The summed E-state index contributed by atoms with van der Waals surface area (Å²) in [7, 11) is 0.